The van der Waals surface area contributed by atoms with E-state index < -0.39 is 60.2 Å². The van der Waals surface area contributed by atoms with Crippen LogP contribution >= 0.6 is 0 Å². The lowest BCUT2D eigenvalue weighted by molar-refractivity contribution is -0.143. The molecule has 4 unspecified atom stereocenters. The number of benzene rings is 2. The van der Waals surface area contributed by atoms with Crippen molar-refractivity contribution < 1.29 is 44.4 Å². The third-order valence-corrected chi connectivity index (χ3v) is 6.31. The minimum atomic E-state index is -1.66. The lowest BCUT2D eigenvalue weighted by Crippen LogP contribution is -2.57. The molecule has 0 aliphatic carbocycles. The van der Waals surface area contributed by atoms with Crippen molar-refractivity contribution in [3.63, 3.8) is 0 Å². The summed E-state index contributed by atoms with van der Waals surface area (Å²) in [5.74, 6) is -5.39. The van der Waals surface area contributed by atoms with E-state index >= 15 is 0 Å². The van der Waals surface area contributed by atoms with Gasteiger partial charge in [-0.15, -0.1) is 0 Å². The number of phenols is 2. The molecule has 0 saturated carbocycles. The molecule has 0 aliphatic rings. The second kappa shape index (κ2) is 16.5. The van der Waals surface area contributed by atoms with E-state index in [1.54, 1.807) is 12.1 Å². The largest absolute Gasteiger partial charge is 0.508 e. The number of aliphatic carboxylic acids is 2. The quantitative estimate of drug-likeness (QED) is 0.105. The van der Waals surface area contributed by atoms with Crippen LogP contribution in [-0.4, -0.2) is 80.8 Å². The summed E-state index contributed by atoms with van der Waals surface area (Å²) in [6.07, 6.45) is 0.131. The fraction of sp³-hybridized carbons (Fsp3) is 0.393. The van der Waals surface area contributed by atoms with Crippen molar-refractivity contribution in [3.05, 3.63) is 59.7 Å². The number of carboxylic acids is 2. The molecule has 0 heterocycles. The molecule has 0 fully saturated rings. The van der Waals surface area contributed by atoms with E-state index in [9.17, 15) is 44.4 Å². The summed E-state index contributed by atoms with van der Waals surface area (Å²) in [6, 6.07) is 6.32. The van der Waals surface area contributed by atoms with Crippen LogP contribution in [0.2, 0.25) is 0 Å². The van der Waals surface area contributed by atoms with Gasteiger partial charge in [-0.2, -0.15) is 0 Å². The van der Waals surface area contributed by atoms with Crippen molar-refractivity contribution in [3.8, 4) is 11.5 Å². The highest BCUT2D eigenvalue weighted by Gasteiger charge is 2.31. The van der Waals surface area contributed by atoms with Crippen molar-refractivity contribution in [2.45, 2.75) is 62.7 Å². The topological polar surface area (TPSA) is 254 Å². The molecule has 42 heavy (non-hydrogen) atoms. The Morgan fingerprint density at radius 3 is 1.64 bits per heavy atom. The number of unbranched alkanes of at least 4 members (excludes halogenated alkanes) is 1. The molecule has 0 aromatic heterocycles. The van der Waals surface area contributed by atoms with Crippen molar-refractivity contribution in [2.24, 2.45) is 11.5 Å². The standard InChI is InChI=1S/C28H37N5O9/c29-12-2-1-3-21(31-25(38)20(30)13-16-4-8-18(34)9-5-16)26(39)32-22(15-24(36)37)27(40)33-23(28(41)42)14-17-6-10-19(35)11-7-17/h4-11,20-23,34-35H,1-3,12-15,29-30H2,(H,31,38)(H,32,39)(H,33,40)(H,36,37)(H,41,42). The summed E-state index contributed by atoms with van der Waals surface area (Å²) in [4.78, 5) is 62.3. The van der Waals surface area contributed by atoms with Crippen LogP contribution in [0, 0.1) is 0 Å². The van der Waals surface area contributed by atoms with Gasteiger partial charge >= 0.3 is 11.9 Å². The molecule has 14 nitrogen and oxygen atoms in total. The molecule has 2 rings (SSSR count). The van der Waals surface area contributed by atoms with Gasteiger partial charge in [-0.05, 0) is 67.6 Å². The molecule has 2 aromatic carbocycles. The van der Waals surface area contributed by atoms with Gasteiger partial charge in [-0.3, -0.25) is 19.2 Å². The van der Waals surface area contributed by atoms with Crippen molar-refractivity contribution in [2.75, 3.05) is 6.54 Å². The predicted molar refractivity (Wildman–Crippen MR) is 150 cm³/mol. The molecule has 0 spiro atoms. The highest BCUT2D eigenvalue weighted by atomic mass is 16.4. The van der Waals surface area contributed by atoms with Crippen LogP contribution < -0.4 is 27.4 Å². The Kier molecular flexibility index (Phi) is 13.2. The third-order valence-electron chi connectivity index (χ3n) is 6.31. The van der Waals surface area contributed by atoms with Crippen LogP contribution in [0.15, 0.2) is 48.5 Å². The maximum absolute atomic E-state index is 13.2. The van der Waals surface area contributed by atoms with Crippen LogP contribution in [0.25, 0.3) is 0 Å². The summed E-state index contributed by atoms with van der Waals surface area (Å²) in [5.41, 5.74) is 12.7. The lowest BCUT2D eigenvalue weighted by Gasteiger charge is -2.25. The number of nitrogens with two attached hydrogens (primary N) is 2. The summed E-state index contributed by atoms with van der Waals surface area (Å²) in [7, 11) is 0. The Hall–Kier alpha value is -4.69. The van der Waals surface area contributed by atoms with E-state index in [1.807, 2.05) is 0 Å². The number of hydrogen-bond donors (Lipinski definition) is 9. The van der Waals surface area contributed by atoms with Gasteiger partial charge in [0.1, 0.15) is 29.6 Å². The molecule has 228 valence electrons. The SMILES string of the molecule is NCCCCC(NC(=O)C(N)Cc1ccc(O)cc1)C(=O)NC(CC(=O)O)C(=O)NC(Cc1ccc(O)cc1)C(=O)O. The predicted octanol–water partition coefficient (Wildman–Crippen LogP) is -0.647. The highest BCUT2D eigenvalue weighted by Crippen LogP contribution is 2.13. The number of aromatic hydroxyl groups is 2. The van der Waals surface area contributed by atoms with Crippen LogP contribution in [0.1, 0.15) is 36.8 Å². The number of rotatable bonds is 17. The molecule has 0 saturated heterocycles. The van der Waals surface area contributed by atoms with Crippen LogP contribution in [0.4, 0.5) is 0 Å². The molecule has 3 amide bonds. The summed E-state index contributed by atoms with van der Waals surface area (Å²) in [5, 5.41) is 44.9. The normalized spacial score (nSPS) is 13.7. The average molecular weight is 588 g/mol. The van der Waals surface area contributed by atoms with Gasteiger partial charge < -0.3 is 47.8 Å². The average Bonchev–Trinajstić information content (AvgIpc) is 2.93. The van der Waals surface area contributed by atoms with E-state index in [-0.39, 0.29) is 30.8 Å². The lowest BCUT2D eigenvalue weighted by atomic mass is 10.0. The Balaban J connectivity index is 2.14. The third kappa shape index (κ3) is 11.4. The molecule has 0 radical (unpaired) electrons. The number of carbonyl (C=O) groups is 5. The van der Waals surface area contributed by atoms with Gasteiger partial charge in [-0.25, -0.2) is 4.79 Å². The van der Waals surface area contributed by atoms with Crippen molar-refractivity contribution in [1.82, 2.24) is 16.0 Å². The fourth-order valence-corrected chi connectivity index (χ4v) is 4.02. The van der Waals surface area contributed by atoms with E-state index in [0.717, 1.165) is 0 Å². The first-order chi connectivity index (χ1) is 19.9. The molecule has 11 N–H and O–H groups in total. The number of nitrogens with one attached hydrogen (secondary N) is 3. The first-order valence-corrected chi connectivity index (χ1v) is 13.3. The Labute approximate surface area is 242 Å². The first-order valence-electron chi connectivity index (χ1n) is 13.3. The summed E-state index contributed by atoms with van der Waals surface area (Å²) >= 11 is 0. The second-order valence-corrected chi connectivity index (χ2v) is 9.75. The highest BCUT2D eigenvalue weighted by molar-refractivity contribution is 5.95. The second-order valence-electron chi connectivity index (χ2n) is 9.75. The number of hydrogen-bond acceptors (Lipinski definition) is 9. The van der Waals surface area contributed by atoms with Crippen LogP contribution in [0.5, 0.6) is 11.5 Å². The van der Waals surface area contributed by atoms with Gasteiger partial charge in [0.25, 0.3) is 0 Å². The maximum atomic E-state index is 13.2. The molecular weight excluding hydrogens is 550 g/mol. The van der Waals surface area contributed by atoms with Crippen molar-refractivity contribution >= 4 is 29.7 Å². The zero-order valence-electron chi connectivity index (χ0n) is 22.9. The zero-order valence-corrected chi connectivity index (χ0v) is 22.9. The smallest absolute Gasteiger partial charge is 0.326 e. The zero-order chi connectivity index (χ0) is 31.2. The number of phenolic OH excluding ortho intramolecular Hbond substituents is 2. The molecular formula is C28H37N5O9. The Bertz CT molecular complexity index is 1220. The van der Waals surface area contributed by atoms with E-state index in [4.69, 9.17) is 11.5 Å². The van der Waals surface area contributed by atoms with E-state index in [1.165, 1.54) is 36.4 Å². The van der Waals surface area contributed by atoms with E-state index in [0.29, 0.717) is 30.5 Å². The molecule has 14 heteroatoms. The van der Waals surface area contributed by atoms with Gasteiger partial charge in [-0.1, -0.05) is 24.3 Å². The van der Waals surface area contributed by atoms with Gasteiger partial charge in [0.15, 0.2) is 0 Å². The van der Waals surface area contributed by atoms with Gasteiger partial charge in [0.05, 0.1) is 12.5 Å². The Morgan fingerprint density at radius 2 is 1.14 bits per heavy atom. The van der Waals surface area contributed by atoms with Crippen LogP contribution in [-0.2, 0) is 36.8 Å². The fourth-order valence-electron chi connectivity index (χ4n) is 4.02. The van der Waals surface area contributed by atoms with E-state index in [2.05, 4.69) is 16.0 Å². The van der Waals surface area contributed by atoms with Crippen LogP contribution in [0.3, 0.4) is 0 Å². The maximum Gasteiger partial charge on any atom is 0.326 e. The summed E-state index contributed by atoms with van der Waals surface area (Å²) in [6.45, 7) is 0.324. The van der Waals surface area contributed by atoms with Gasteiger partial charge in [0, 0.05) is 6.42 Å². The Morgan fingerprint density at radius 1 is 0.667 bits per heavy atom. The molecule has 4 atom stereocenters. The monoisotopic (exact) mass is 587 g/mol. The minimum absolute atomic E-state index is 0.0340. The summed E-state index contributed by atoms with van der Waals surface area (Å²) < 4.78 is 0. The number of carbonyl (C=O) groups excluding carboxylic acids is 3. The molecule has 2 aromatic rings. The molecule has 0 aliphatic heterocycles. The number of carboxylic acid groups (broad SMARTS) is 2. The number of amides is 3. The minimum Gasteiger partial charge on any atom is -0.508 e. The first kappa shape index (κ1) is 33.5. The molecule has 0 bridgehead atoms. The van der Waals surface area contributed by atoms with Crippen molar-refractivity contribution in [1.29, 1.82) is 0 Å². The van der Waals surface area contributed by atoms with Gasteiger partial charge in [0.2, 0.25) is 17.7 Å².